The Balaban J connectivity index is 1.96. The van der Waals surface area contributed by atoms with Gasteiger partial charge in [0.1, 0.15) is 0 Å². The summed E-state index contributed by atoms with van der Waals surface area (Å²) in [6, 6.07) is 1.78. The van der Waals surface area contributed by atoms with Crippen molar-refractivity contribution in [2.24, 2.45) is 0 Å². The molecule has 32 heavy (non-hydrogen) atoms. The van der Waals surface area contributed by atoms with Crippen LogP contribution in [0.15, 0.2) is 12.3 Å². The lowest BCUT2D eigenvalue weighted by molar-refractivity contribution is 0.0318. The van der Waals surface area contributed by atoms with Crippen LogP contribution in [0.1, 0.15) is 102 Å². The third-order valence-electron chi connectivity index (χ3n) is 5.58. The minimum absolute atomic E-state index is 0.0707. The second kappa shape index (κ2) is 8.68. The Morgan fingerprint density at radius 1 is 1.09 bits per heavy atom. The van der Waals surface area contributed by atoms with E-state index in [9.17, 15) is 14.4 Å². The lowest BCUT2D eigenvalue weighted by Crippen LogP contribution is -2.25. The maximum absolute atomic E-state index is 13.1. The topological polar surface area (TPSA) is 107 Å². The van der Waals surface area contributed by atoms with Crippen molar-refractivity contribution in [1.29, 1.82) is 0 Å². The Morgan fingerprint density at radius 2 is 1.75 bits per heavy atom. The summed E-state index contributed by atoms with van der Waals surface area (Å²) >= 11 is 0. The average Bonchev–Trinajstić information content (AvgIpc) is 3.26. The quantitative estimate of drug-likeness (QED) is 0.423. The van der Waals surface area contributed by atoms with Crippen molar-refractivity contribution < 1.29 is 19.1 Å². The number of hydrogen-bond donors (Lipinski definition) is 1. The van der Waals surface area contributed by atoms with Crippen LogP contribution in [-0.4, -0.2) is 43.4 Å². The third kappa shape index (κ3) is 4.09. The van der Waals surface area contributed by atoms with Crippen LogP contribution in [0.3, 0.4) is 0 Å². The Labute approximate surface area is 187 Å². The number of aryl methyl sites for hydroxylation is 1. The number of carbonyl (C=O) groups is 3. The van der Waals surface area contributed by atoms with Gasteiger partial charge in [-0.05, 0) is 59.1 Å². The molecule has 0 bridgehead atoms. The van der Waals surface area contributed by atoms with Gasteiger partial charge in [-0.15, -0.1) is 0 Å². The molecule has 0 amide bonds. The van der Waals surface area contributed by atoms with Crippen molar-refractivity contribution in [3.05, 3.63) is 46.0 Å². The molecule has 3 aromatic heterocycles. The van der Waals surface area contributed by atoms with Gasteiger partial charge in [-0.2, -0.15) is 5.10 Å². The fraction of sp³-hybridized carbons (Fsp3) is 0.458. The molecule has 0 aliphatic rings. The normalized spacial score (nSPS) is 12.6. The maximum Gasteiger partial charge on any atom is 0.339 e. The number of ketones is 2. The Morgan fingerprint density at radius 3 is 2.28 bits per heavy atom. The number of Topliss-reactive ketones (excluding diaryl/α,β-unsaturated/α-hetero) is 2. The monoisotopic (exact) mass is 438 g/mol. The predicted molar refractivity (Wildman–Crippen MR) is 121 cm³/mol. The molecule has 0 radical (unpaired) electrons. The van der Waals surface area contributed by atoms with Crippen LogP contribution in [0.5, 0.6) is 0 Å². The van der Waals surface area contributed by atoms with Crippen molar-refractivity contribution in [3.8, 4) is 0 Å². The number of ether oxygens (including phenoxy) is 1. The SMILES string of the molecule is CC(=O)c1c(C)[nH]c(C(=O)[C@H](C)OC(=O)c2cc(C(C)C)nc3c2cnn3C(C)C)c1C. The number of aromatic amines is 1. The van der Waals surface area contributed by atoms with Gasteiger partial charge in [0.15, 0.2) is 17.5 Å². The maximum atomic E-state index is 13.1. The van der Waals surface area contributed by atoms with E-state index < -0.39 is 17.9 Å². The zero-order chi connectivity index (χ0) is 23.9. The summed E-state index contributed by atoms with van der Waals surface area (Å²) in [6.07, 6.45) is 0.567. The second-order valence-electron chi connectivity index (χ2n) is 8.76. The van der Waals surface area contributed by atoms with E-state index in [0.717, 1.165) is 5.69 Å². The van der Waals surface area contributed by atoms with Crippen LogP contribution in [0.25, 0.3) is 11.0 Å². The zero-order valence-electron chi connectivity index (χ0n) is 19.9. The summed E-state index contributed by atoms with van der Waals surface area (Å²) in [7, 11) is 0. The second-order valence-corrected chi connectivity index (χ2v) is 8.76. The molecule has 0 saturated carbocycles. The molecule has 0 aliphatic carbocycles. The van der Waals surface area contributed by atoms with E-state index in [1.807, 2.05) is 27.7 Å². The highest BCUT2D eigenvalue weighted by Crippen LogP contribution is 2.26. The Hall–Kier alpha value is -3.29. The summed E-state index contributed by atoms with van der Waals surface area (Å²) in [5, 5.41) is 4.97. The van der Waals surface area contributed by atoms with Crippen molar-refractivity contribution in [2.75, 3.05) is 0 Å². The molecular formula is C24H30N4O4. The summed E-state index contributed by atoms with van der Waals surface area (Å²) in [5.74, 6) is -1.03. The van der Waals surface area contributed by atoms with Crippen LogP contribution < -0.4 is 0 Å². The lowest BCUT2D eigenvalue weighted by atomic mass is 10.0. The van der Waals surface area contributed by atoms with Crippen LogP contribution in [0.4, 0.5) is 0 Å². The molecule has 170 valence electrons. The summed E-state index contributed by atoms with van der Waals surface area (Å²) in [6.45, 7) is 14.4. The minimum Gasteiger partial charge on any atom is -0.451 e. The largest absolute Gasteiger partial charge is 0.451 e. The molecular weight excluding hydrogens is 408 g/mol. The molecule has 8 nitrogen and oxygen atoms in total. The number of fused-ring (bicyclic) bond motifs is 1. The highest BCUT2D eigenvalue weighted by molar-refractivity contribution is 6.07. The van der Waals surface area contributed by atoms with Gasteiger partial charge in [-0.25, -0.2) is 14.5 Å². The van der Waals surface area contributed by atoms with E-state index in [1.54, 1.807) is 30.8 Å². The molecule has 0 aliphatic heterocycles. The zero-order valence-corrected chi connectivity index (χ0v) is 19.9. The number of esters is 1. The van der Waals surface area contributed by atoms with Crippen LogP contribution in [-0.2, 0) is 4.74 Å². The molecule has 0 fully saturated rings. The van der Waals surface area contributed by atoms with Gasteiger partial charge in [-0.1, -0.05) is 13.8 Å². The predicted octanol–water partition coefficient (Wildman–Crippen LogP) is 4.71. The van der Waals surface area contributed by atoms with E-state index >= 15 is 0 Å². The average molecular weight is 439 g/mol. The number of H-pyrrole nitrogens is 1. The van der Waals surface area contributed by atoms with Gasteiger partial charge in [0.2, 0.25) is 5.78 Å². The number of nitrogens with zero attached hydrogens (tertiary/aromatic N) is 3. The molecule has 1 N–H and O–H groups in total. The van der Waals surface area contributed by atoms with E-state index in [-0.39, 0.29) is 23.4 Å². The molecule has 0 aromatic carbocycles. The number of carbonyl (C=O) groups excluding carboxylic acids is 3. The molecule has 0 unspecified atom stereocenters. The molecule has 1 atom stereocenters. The minimum atomic E-state index is -1.04. The first-order valence-electron chi connectivity index (χ1n) is 10.8. The standard InChI is InChI=1S/C24H30N4O4/c1-11(2)19-9-17(18-10-25-28(12(3)4)23(18)27-19)24(31)32-16(8)22(30)21-13(5)20(15(7)29)14(6)26-21/h9-12,16,26H,1-8H3/t16-/m0/s1. The fourth-order valence-corrected chi connectivity index (χ4v) is 3.89. The van der Waals surface area contributed by atoms with E-state index in [1.165, 1.54) is 13.8 Å². The number of aromatic nitrogens is 4. The number of rotatable bonds is 7. The van der Waals surface area contributed by atoms with Crippen LogP contribution >= 0.6 is 0 Å². The van der Waals surface area contributed by atoms with Gasteiger partial charge in [0.25, 0.3) is 0 Å². The molecule has 3 rings (SSSR count). The van der Waals surface area contributed by atoms with Crippen LogP contribution in [0, 0.1) is 13.8 Å². The van der Waals surface area contributed by atoms with E-state index in [0.29, 0.717) is 33.4 Å². The van der Waals surface area contributed by atoms with E-state index in [4.69, 9.17) is 9.72 Å². The molecule has 3 aromatic rings. The number of pyridine rings is 1. The summed E-state index contributed by atoms with van der Waals surface area (Å²) < 4.78 is 7.34. The highest BCUT2D eigenvalue weighted by Gasteiger charge is 2.28. The lowest BCUT2D eigenvalue weighted by Gasteiger charge is -2.15. The fourth-order valence-electron chi connectivity index (χ4n) is 3.89. The third-order valence-corrected chi connectivity index (χ3v) is 5.58. The van der Waals surface area contributed by atoms with Gasteiger partial charge in [0.05, 0.1) is 22.8 Å². The smallest absolute Gasteiger partial charge is 0.339 e. The van der Waals surface area contributed by atoms with Crippen LogP contribution in [0.2, 0.25) is 0 Å². The van der Waals surface area contributed by atoms with Gasteiger partial charge >= 0.3 is 5.97 Å². The van der Waals surface area contributed by atoms with Gasteiger partial charge < -0.3 is 9.72 Å². The molecule has 3 heterocycles. The summed E-state index contributed by atoms with van der Waals surface area (Å²) in [4.78, 5) is 45.7. The van der Waals surface area contributed by atoms with Gasteiger partial charge in [0, 0.05) is 23.0 Å². The first kappa shape index (κ1) is 23.4. The first-order chi connectivity index (χ1) is 14.9. The van der Waals surface area contributed by atoms with Crippen molar-refractivity contribution in [1.82, 2.24) is 19.7 Å². The van der Waals surface area contributed by atoms with Gasteiger partial charge in [-0.3, -0.25) is 9.59 Å². The highest BCUT2D eigenvalue weighted by atomic mass is 16.5. The molecule has 8 heteroatoms. The Kier molecular flexibility index (Phi) is 6.34. The molecule has 0 saturated heterocycles. The van der Waals surface area contributed by atoms with Crippen molar-refractivity contribution >= 4 is 28.6 Å². The van der Waals surface area contributed by atoms with E-state index in [2.05, 4.69) is 10.1 Å². The summed E-state index contributed by atoms with van der Waals surface area (Å²) in [5.41, 5.74) is 3.64. The van der Waals surface area contributed by atoms with Crippen molar-refractivity contribution in [2.45, 2.75) is 73.5 Å². The molecule has 0 spiro atoms. The Bertz CT molecular complexity index is 1220. The number of hydrogen-bond acceptors (Lipinski definition) is 6. The number of nitrogens with one attached hydrogen (secondary N) is 1. The van der Waals surface area contributed by atoms with Crippen molar-refractivity contribution in [3.63, 3.8) is 0 Å². The first-order valence-corrected chi connectivity index (χ1v) is 10.8.